The zero-order valence-corrected chi connectivity index (χ0v) is 17.4. The number of nitrogens with one attached hydrogen (secondary N) is 2. The van der Waals surface area contributed by atoms with Crippen molar-refractivity contribution in [2.24, 2.45) is 0 Å². The summed E-state index contributed by atoms with van der Waals surface area (Å²) in [5.41, 5.74) is 2.36. The molecule has 3 amide bonds. The summed E-state index contributed by atoms with van der Waals surface area (Å²) >= 11 is 0. The zero-order chi connectivity index (χ0) is 21.8. The number of nitrogens with zero attached hydrogens (tertiary/aromatic N) is 1. The van der Waals surface area contributed by atoms with Gasteiger partial charge in [-0.3, -0.25) is 14.4 Å². The molecule has 162 valence electrons. The van der Waals surface area contributed by atoms with Crippen molar-refractivity contribution in [1.82, 2.24) is 5.32 Å². The molecule has 0 radical (unpaired) electrons. The van der Waals surface area contributed by atoms with Gasteiger partial charge in [0.2, 0.25) is 5.91 Å². The number of aryl methyl sites for hydroxylation is 1. The minimum absolute atomic E-state index is 0.00983. The van der Waals surface area contributed by atoms with Gasteiger partial charge in [0.1, 0.15) is 0 Å². The fourth-order valence-electron chi connectivity index (χ4n) is 4.28. The van der Waals surface area contributed by atoms with Gasteiger partial charge < -0.3 is 20.6 Å². The Morgan fingerprint density at radius 3 is 2.61 bits per heavy atom. The van der Waals surface area contributed by atoms with E-state index in [2.05, 4.69) is 10.6 Å². The highest BCUT2D eigenvalue weighted by molar-refractivity contribution is 6.39. The molecule has 31 heavy (non-hydrogen) atoms. The van der Waals surface area contributed by atoms with Crippen LogP contribution in [0.1, 0.15) is 36.8 Å². The van der Waals surface area contributed by atoms with Crippen molar-refractivity contribution < 1.29 is 19.5 Å². The normalized spacial score (nSPS) is 20.7. The second-order valence-electron chi connectivity index (χ2n) is 8.36. The van der Waals surface area contributed by atoms with Gasteiger partial charge in [-0.25, -0.2) is 0 Å². The Morgan fingerprint density at radius 1 is 1.00 bits per heavy atom. The maximum atomic E-state index is 12.4. The van der Waals surface area contributed by atoms with Gasteiger partial charge in [-0.05, 0) is 55.0 Å². The van der Waals surface area contributed by atoms with Crippen LogP contribution in [-0.2, 0) is 27.2 Å². The Morgan fingerprint density at radius 2 is 1.81 bits per heavy atom. The standard InChI is InChI=1S/C24H27N3O4/c28-21-10-3-4-13-27(21)20-9-5-8-19(14-20)26-23(30)22(29)25-16-24(31)12-11-17-6-1-2-7-18(17)15-24/h1-2,5-9,14,31H,3-4,10-13,15-16H2,(H,25,29)(H,26,30). The summed E-state index contributed by atoms with van der Waals surface area (Å²) in [5.74, 6) is -1.54. The molecule has 4 rings (SSSR count). The van der Waals surface area contributed by atoms with E-state index in [0.29, 0.717) is 37.2 Å². The van der Waals surface area contributed by atoms with E-state index in [9.17, 15) is 19.5 Å². The molecule has 7 nitrogen and oxygen atoms in total. The number of rotatable bonds is 4. The van der Waals surface area contributed by atoms with Crippen LogP contribution in [-0.4, -0.2) is 41.5 Å². The number of anilines is 2. The molecule has 1 unspecified atom stereocenters. The van der Waals surface area contributed by atoms with Crippen molar-refractivity contribution in [3.05, 3.63) is 59.7 Å². The number of carbonyl (C=O) groups excluding carboxylic acids is 3. The molecule has 1 atom stereocenters. The molecule has 1 aliphatic carbocycles. The topological polar surface area (TPSA) is 98.7 Å². The number of hydrogen-bond acceptors (Lipinski definition) is 4. The first-order chi connectivity index (χ1) is 14.9. The summed E-state index contributed by atoms with van der Waals surface area (Å²) in [4.78, 5) is 38.5. The molecule has 0 spiro atoms. The quantitative estimate of drug-likeness (QED) is 0.659. The summed E-state index contributed by atoms with van der Waals surface area (Å²) in [6.45, 7) is 0.661. The molecule has 2 aromatic rings. The van der Waals surface area contributed by atoms with Gasteiger partial charge in [-0.1, -0.05) is 30.3 Å². The highest BCUT2D eigenvalue weighted by Gasteiger charge is 2.33. The van der Waals surface area contributed by atoms with Gasteiger partial charge in [-0.15, -0.1) is 0 Å². The number of aliphatic hydroxyl groups is 1. The van der Waals surface area contributed by atoms with Gasteiger partial charge in [0.25, 0.3) is 0 Å². The van der Waals surface area contributed by atoms with E-state index < -0.39 is 17.4 Å². The first-order valence-electron chi connectivity index (χ1n) is 10.7. The summed E-state index contributed by atoms with van der Waals surface area (Å²) in [5, 5.41) is 16.0. The number of fused-ring (bicyclic) bond motifs is 1. The van der Waals surface area contributed by atoms with Crippen LogP contribution < -0.4 is 15.5 Å². The molecule has 0 saturated carbocycles. The zero-order valence-electron chi connectivity index (χ0n) is 17.4. The van der Waals surface area contributed by atoms with Gasteiger partial charge in [0.05, 0.1) is 5.60 Å². The minimum Gasteiger partial charge on any atom is -0.388 e. The fourth-order valence-corrected chi connectivity index (χ4v) is 4.28. The van der Waals surface area contributed by atoms with Crippen molar-refractivity contribution in [2.45, 2.75) is 44.1 Å². The number of carbonyl (C=O) groups is 3. The van der Waals surface area contributed by atoms with Crippen molar-refractivity contribution in [3.63, 3.8) is 0 Å². The van der Waals surface area contributed by atoms with E-state index >= 15 is 0 Å². The predicted octanol–water partition coefficient (Wildman–Crippen LogP) is 2.18. The molecule has 2 aliphatic rings. The van der Waals surface area contributed by atoms with Crippen LogP contribution >= 0.6 is 0 Å². The number of benzene rings is 2. The largest absolute Gasteiger partial charge is 0.388 e. The molecule has 7 heteroatoms. The minimum atomic E-state index is -1.07. The molecule has 3 N–H and O–H groups in total. The van der Waals surface area contributed by atoms with Gasteiger partial charge >= 0.3 is 11.8 Å². The van der Waals surface area contributed by atoms with Gasteiger partial charge in [0, 0.05) is 37.3 Å². The number of piperidine rings is 1. The SMILES string of the molecule is O=C(NCC1(O)CCc2ccccc2C1)C(=O)Nc1cccc(N2CCCCC2=O)c1. The molecule has 1 fully saturated rings. The lowest BCUT2D eigenvalue weighted by Crippen LogP contribution is -2.49. The van der Waals surface area contributed by atoms with E-state index in [0.717, 1.165) is 24.8 Å². The lowest BCUT2D eigenvalue weighted by molar-refractivity contribution is -0.136. The van der Waals surface area contributed by atoms with Crippen molar-refractivity contribution in [1.29, 1.82) is 0 Å². The molecule has 2 aromatic carbocycles. The third-order valence-corrected chi connectivity index (χ3v) is 6.02. The van der Waals surface area contributed by atoms with Crippen LogP contribution in [0, 0.1) is 0 Å². The Balaban J connectivity index is 1.33. The average Bonchev–Trinajstić information content (AvgIpc) is 2.78. The third-order valence-electron chi connectivity index (χ3n) is 6.02. The van der Waals surface area contributed by atoms with E-state index in [1.165, 1.54) is 5.56 Å². The Bertz CT molecular complexity index is 1010. The molecule has 0 aromatic heterocycles. The molecule has 1 heterocycles. The maximum Gasteiger partial charge on any atom is 0.313 e. The first-order valence-corrected chi connectivity index (χ1v) is 10.7. The van der Waals surface area contributed by atoms with Crippen LogP contribution in [0.4, 0.5) is 11.4 Å². The summed E-state index contributed by atoms with van der Waals surface area (Å²) in [7, 11) is 0. The molecule has 1 aliphatic heterocycles. The second kappa shape index (κ2) is 8.89. The van der Waals surface area contributed by atoms with E-state index in [-0.39, 0.29) is 12.5 Å². The van der Waals surface area contributed by atoms with Gasteiger partial charge in [0.15, 0.2) is 0 Å². The smallest absolute Gasteiger partial charge is 0.313 e. The summed E-state index contributed by atoms with van der Waals surface area (Å²) in [6.07, 6.45) is 4.06. The lowest BCUT2D eigenvalue weighted by atomic mass is 9.80. The summed E-state index contributed by atoms with van der Waals surface area (Å²) in [6, 6.07) is 14.9. The Kier molecular flexibility index (Phi) is 6.04. The van der Waals surface area contributed by atoms with Crippen LogP contribution in [0.3, 0.4) is 0 Å². The second-order valence-corrected chi connectivity index (χ2v) is 8.36. The predicted molar refractivity (Wildman–Crippen MR) is 118 cm³/mol. The monoisotopic (exact) mass is 421 g/mol. The molecular formula is C24H27N3O4. The van der Waals surface area contributed by atoms with Crippen molar-refractivity contribution in [2.75, 3.05) is 23.3 Å². The average molecular weight is 421 g/mol. The Labute approximate surface area is 181 Å². The first kappa shape index (κ1) is 21.1. The van der Waals surface area contributed by atoms with Gasteiger partial charge in [-0.2, -0.15) is 0 Å². The lowest BCUT2D eigenvalue weighted by Gasteiger charge is -2.33. The molecular weight excluding hydrogens is 394 g/mol. The van der Waals surface area contributed by atoms with E-state index in [1.807, 2.05) is 30.3 Å². The van der Waals surface area contributed by atoms with E-state index in [1.54, 1.807) is 23.1 Å². The van der Waals surface area contributed by atoms with Crippen molar-refractivity contribution >= 4 is 29.1 Å². The van der Waals surface area contributed by atoms with Crippen LogP contribution in [0.15, 0.2) is 48.5 Å². The molecule has 1 saturated heterocycles. The fraction of sp³-hybridized carbons (Fsp3) is 0.375. The van der Waals surface area contributed by atoms with Crippen LogP contribution in [0.5, 0.6) is 0 Å². The number of hydrogen-bond donors (Lipinski definition) is 3. The van der Waals surface area contributed by atoms with Crippen LogP contribution in [0.25, 0.3) is 0 Å². The highest BCUT2D eigenvalue weighted by atomic mass is 16.3. The Hall–Kier alpha value is -3.19. The number of amides is 3. The van der Waals surface area contributed by atoms with E-state index in [4.69, 9.17) is 0 Å². The highest BCUT2D eigenvalue weighted by Crippen LogP contribution is 2.28. The van der Waals surface area contributed by atoms with Crippen molar-refractivity contribution in [3.8, 4) is 0 Å². The maximum absolute atomic E-state index is 12.4. The molecule has 0 bridgehead atoms. The van der Waals surface area contributed by atoms with Crippen LogP contribution in [0.2, 0.25) is 0 Å². The third kappa shape index (κ3) is 4.94. The summed E-state index contributed by atoms with van der Waals surface area (Å²) < 4.78 is 0.